The molecule has 20 nitrogen and oxygen atoms in total. The Hall–Kier alpha value is -15.7. The summed E-state index contributed by atoms with van der Waals surface area (Å²) in [5.41, 5.74) is 10.9. The number of halogens is 3. The Kier molecular flexibility index (Phi) is 36.5. The molecule has 130 heavy (non-hydrogen) atoms. The highest BCUT2D eigenvalue weighted by atomic mass is 19.1. The number of allylic oxidation sites excluding steroid dienone is 4. The molecule has 3 N–H and O–H groups in total. The molecule has 664 valence electrons. The number of nitrogens with one attached hydrogen (secondary N) is 2. The number of cyclic esters (lactones) is 3. The Labute approximate surface area is 754 Å². The largest absolute Gasteiger partial charge is 0.489 e. The average molecular weight is 1750 g/mol. The standard InChI is InChI=1S/C34H31FN2O4.C25H22FNO2.C20H16FNO.C14H15NO3.C9H9NO2.C5H8O2/c1-2-9-30(33(38)37-31(23-41-34(37)39)25-12-7-4-8-13-25)32(36-28-18-16-27(35)17-19-28)26-14-20-29(21-15-26)40-22-24-10-5-3-6-11-24;1-2-6-23-24(27(25(23)28)21-13-11-20(26)12-14-21)19-9-15-22(16-10-19)29-17-18-7-4-3-5-8-18;21-18-8-10-19(11-9-18)22-14-16-6-12-20(13-7-16)23-15-17-4-2-1-3-5-17;1-2-3-9-13(16)15-12(10-18-14(15)17)11-7-5-4-6-8-11;11-9-10-8(6-12-9)7-4-2-1-3-5-7;1-2-3-4-5(6)7/h2-8,10-21,30-32,36H,1,9,22-23H2;2-5,7-16,23-24H,1,6,17H2;1-14H,15H2;2,4-8,12H,1,3,9-10H2;1-5,8H,6H2,(H,10,11);2H,1,3-4H2,(H,6,7)/t30-,31-,32-;23-,24-;;12-;8-;/m11.11./s1. The molecule has 12 aromatic rings. The van der Waals surface area contributed by atoms with E-state index in [0.717, 1.165) is 67.3 Å². The van der Waals surface area contributed by atoms with Gasteiger partial charge in [-0.05, 0) is 197 Å². The number of amides is 6. The molecule has 23 heteroatoms. The van der Waals surface area contributed by atoms with Crippen LogP contribution in [0.1, 0.15) is 119 Å². The molecule has 4 heterocycles. The van der Waals surface area contributed by atoms with E-state index in [0.29, 0.717) is 62.8 Å². The Morgan fingerprint density at radius 1 is 0.469 bits per heavy atom. The summed E-state index contributed by atoms with van der Waals surface area (Å²) in [5, 5.41) is 14.1. The van der Waals surface area contributed by atoms with Crippen molar-refractivity contribution < 1.29 is 80.3 Å². The van der Waals surface area contributed by atoms with Gasteiger partial charge < -0.3 is 49.1 Å². The third-order valence-corrected chi connectivity index (χ3v) is 20.9. The first-order chi connectivity index (χ1) is 63.4. The number of carbonyl (C=O) groups excluding carboxylic acids is 6. The van der Waals surface area contributed by atoms with Crippen molar-refractivity contribution >= 4 is 65.2 Å². The highest BCUT2D eigenvalue weighted by molar-refractivity contribution is 6.03. The lowest BCUT2D eigenvalue weighted by atomic mass is 9.79. The fraction of sp³-hybridized carbons (Fsp3) is 0.178. The molecule has 4 fully saturated rings. The van der Waals surface area contributed by atoms with Crippen LogP contribution in [0.25, 0.3) is 0 Å². The number of aliphatic carboxylic acids is 1. The summed E-state index contributed by atoms with van der Waals surface area (Å²) in [7, 11) is 0. The Morgan fingerprint density at radius 3 is 1.35 bits per heavy atom. The molecule has 7 atom stereocenters. The van der Waals surface area contributed by atoms with Crippen LogP contribution >= 0.6 is 0 Å². The number of carboxylic acids is 1. The predicted molar refractivity (Wildman–Crippen MR) is 496 cm³/mol. The number of β-lactam (4-membered cyclic amide) rings is 1. The first-order valence-electron chi connectivity index (χ1n) is 42.3. The van der Waals surface area contributed by atoms with Crippen molar-refractivity contribution in [3.8, 4) is 17.2 Å². The van der Waals surface area contributed by atoms with Crippen molar-refractivity contribution in [2.75, 3.05) is 30.0 Å². The van der Waals surface area contributed by atoms with Gasteiger partial charge in [0.1, 0.15) is 86.4 Å². The third kappa shape index (κ3) is 28.4. The number of nitrogens with zero attached hydrogens (tertiary/aromatic N) is 4. The molecule has 0 unspecified atom stereocenters. The van der Waals surface area contributed by atoms with Gasteiger partial charge in [0.05, 0.1) is 35.6 Å². The zero-order valence-corrected chi connectivity index (χ0v) is 71.6. The highest BCUT2D eigenvalue weighted by Gasteiger charge is 2.48. The summed E-state index contributed by atoms with van der Waals surface area (Å²) < 4.78 is 72.4. The quantitative estimate of drug-likeness (QED) is 0.0158. The van der Waals surface area contributed by atoms with Crippen LogP contribution in [0.4, 0.5) is 44.6 Å². The Morgan fingerprint density at radius 2 is 0.900 bits per heavy atom. The maximum Gasteiger partial charge on any atom is 0.417 e. The number of aliphatic imine (C=N–C) groups is 1. The van der Waals surface area contributed by atoms with Gasteiger partial charge in [0.25, 0.3) is 0 Å². The van der Waals surface area contributed by atoms with Gasteiger partial charge in [-0.2, -0.15) is 0 Å². The third-order valence-electron chi connectivity index (χ3n) is 20.9. The van der Waals surface area contributed by atoms with Gasteiger partial charge in [0, 0.05) is 30.4 Å². The van der Waals surface area contributed by atoms with Crippen LogP contribution in [0, 0.1) is 29.3 Å². The van der Waals surface area contributed by atoms with E-state index in [9.17, 15) is 46.7 Å². The normalized spacial score (nSPS) is 16.0. The molecular weight excluding hydrogens is 1650 g/mol. The molecule has 0 bridgehead atoms. The molecule has 0 saturated carbocycles. The van der Waals surface area contributed by atoms with E-state index >= 15 is 0 Å². The minimum atomic E-state index is -0.764. The lowest BCUT2D eigenvalue weighted by molar-refractivity contribution is -0.137. The van der Waals surface area contributed by atoms with Crippen LogP contribution in [0.2, 0.25) is 0 Å². The van der Waals surface area contributed by atoms with Crippen LogP contribution in [-0.2, 0) is 53.2 Å². The molecule has 0 radical (unpaired) electrons. The number of alkyl carbamates (subject to hydrolysis) is 1. The summed E-state index contributed by atoms with van der Waals surface area (Å²) in [4.78, 5) is 92.2. The van der Waals surface area contributed by atoms with Crippen LogP contribution in [0.15, 0.2) is 383 Å². The van der Waals surface area contributed by atoms with E-state index in [-0.39, 0.29) is 97.8 Å². The van der Waals surface area contributed by atoms with Crippen molar-refractivity contribution in [3.63, 3.8) is 0 Å². The first kappa shape index (κ1) is 95.0. The zero-order valence-electron chi connectivity index (χ0n) is 71.6. The monoisotopic (exact) mass is 1750 g/mol. The van der Waals surface area contributed by atoms with Crippen molar-refractivity contribution in [1.29, 1.82) is 0 Å². The number of carboxylic acid groups (broad SMARTS) is 1. The molecule has 4 aliphatic rings. The molecule has 4 aliphatic heterocycles. The fourth-order valence-corrected chi connectivity index (χ4v) is 14.2. The molecule has 12 aromatic carbocycles. The van der Waals surface area contributed by atoms with E-state index in [1.807, 2.05) is 255 Å². The van der Waals surface area contributed by atoms with E-state index in [2.05, 4.69) is 41.9 Å². The lowest BCUT2D eigenvalue weighted by Crippen LogP contribution is -2.55. The molecular formula is C107H101F3N6O14. The van der Waals surface area contributed by atoms with Gasteiger partial charge in [-0.15, -0.1) is 26.3 Å². The number of imide groups is 2. The second-order valence-electron chi connectivity index (χ2n) is 30.0. The van der Waals surface area contributed by atoms with E-state index in [4.69, 9.17) is 33.5 Å². The molecule has 0 spiro atoms. The number of hydrogen-bond donors (Lipinski definition) is 3. The zero-order chi connectivity index (χ0) is 91.8. The molecule has 0 aliphatic carbocycles. The highest BCUT2D eigenvalue weighted by Crippen LogP contribution is 2.46. The SMILES string of the molecule is C=CCCC(=O)N1C(=O)OC[C@@H]1c1ccccc1.C=CCCC(=O)O.C=CC[C@@H](C(=O)N1C(=O)OC[C@@H]1c1ccccc1)[C@H](Nc1ccc(F)cc1)c1ccc(OCc2ccccc2)cc1.C=CC[C@H]1C(=O)N(c2ccc(F)cc2)[C@@H]1c1ccc(OCc2ccccc2)cc1.Fc1ccc(N=Cc2ccc(OCc3ccccc3)cc2)cc1.O=C1N[C@@H](c2ccccc2)CO1. The van der Waals surface area contributed by atoms with Gasteiger partial charge in [0.15, 0.2) is 0 Å². The van der Waals surface area contributed by atoms with E-state index in [1.165, 1.54) is 46.2 Å². The van der Waals surface area contributed by atoms with Gasteiger partial charge in [0.2, 0.25) is 17.7 Å². The maximum absolute atomic E-state index is 14.2. The maximum atomic E-state index is 14.2. The lowest BCUT2D eigenvalue weighted by Gasteiger charge is -2.47. The summed E-state index contributed by atoms with van der Waals surface area (Å²) in [5.74, 6) is -0.885. The second-order valence-corrected chi connectivity index (χ2v) is 30.0. The summed E-state index contributed by atoms with van der Waals surface area (Å²) >= 11 is 0. The minimum Gasteiger partial charge on any atom is -0.489 e. The minimum absolute atomic E-state index is 0.0266. The van der Waals surface area contributed by atoms with Crippen LogP contribution in [0.5, 0.6) is 17.2 Å². The average Bonchev–Trinajstić information content (AvgIpc) is 0.959. The predicted octanol–water partition coefficient (Wildman–Crippen LogP) is 23.5. The molecule has 4 saturated heterocycles. The number of benzene rings is 12. The molecule has 16 rings (SSSR count). The number of carbonyl (C=O) groups is 7. The van der Waals surface area contributed by atoms with Crippen LogP contribution in [-0.4, -0.2) is 82.9 Å². The number of ether oxygens (including phenoxy) is 6. The van der Waals surface area contributed by atoms with Crippen LogP contribution in [0.3, 0.4) is 0 Å². The number of rotatable bonds is 31. The van der Waals surface area contributed by atoms with Crippen molar-refractivity contribution in [2.45, 2.75) is 88.6 Å². The summed E-state index contributed by atoms with van der Waals surface area (Å²) in [6.45, 7) is 16.8. The number of anilines is 2. The first-order valence-corrected chi connectivity index (χ1v) is 42.3. The van der Waals surface area contributed by atoms with Crippen molar-refractivity contribution in [2.24, 2.45) is 16.8 Å². The topological polar surface area (TPSA) is 241 Å². The summed E-state index contributed by atoms with van der Waals surface area (Å²) in [6, 6.07) is 98.0. The van der Waals surface area contributed by atoms with E-state index in [1.54, 1.807) is 71.8 Å². The van der Waals surface area contributed by atoms with Gasteiger partial charge in [-0.3, -0.25) is 24.2 Å². The van der Waals surface area contributed by atoms with Crippen LogP contribution < -0.4 is 29.7 Å². The Bertz CT molecular complexity index is 5660. The van der Waals surface area contributed by atoms with Gasteiger partial charge in [-0.25, -0.2) is 37.4 Å². The van der Waals surface area contributed by atoms with Crippen molar-refractivity contribution in [1.82, 2.24) is 15.1 Å². The molecule has 6 amide bonds. The Balaban J connectivity index is 0.000000162. The second kappa shape index (κ2) is 49.9. The fourth-order valence-electron chi connectivity index (χ4n) is 14.2. The van der Waals surface area contributed by atoms with Gasteiger partial charge >= 0.3 is 24.2 Å². The van der Waals surface area contributed by atoms with Crippen molar-refractivity contribution in [3.05, 3.63) is 446 Å². The molecule has 0 aromatic heterocycles. The smallest absolute Gasteiger partial charge is 0.417 e. The van der Waals surface area contributed by atoms with E-state index < -0.39 is 36.2 Å². The van der Waals surface area contributed by atoms with Gasteiger partial charge in [-0.1, -0.05) is 231 Å². The summed E-state index contributed by atoms with van der Waals surface area (Å²) in [6.07, 6.45) is 9.37. The number of hydrogen-bond acceptors (Lipinski definition) is 15.